The summed E-state index contributed by atoms with van der Waals surface area (Å²) in [6.45, 7) is 2.65. The van der Waals surface area contributed by atoms with Crippen LogP contribution in [0, 0.1) is 24.7 Å². The van der Waals surface area contributed by atoms with E-state index in [1.54, 1.807) is 6.07 Å². The number of benzene rings is 3. The van der Waals surface area contributed by atoms with E-state index in [1.807, 2.05) is 12.1 Å². The van der Waals surface area contributed by atoms with Gasteiger partial charge in [-0.3, -0.25) is 0 Å². The molecule has 4 heteroatoms. The third-order valence-electron chi connectivity index (χ3n) is 8.10. The number of nitrogens with one attached hydrogen (secondary N) is 1. The molecule has 2 N–H and O–H groups in total. The van der Waals surface area contributed by atoms with Crippen LogP contribution < -0.4 is 10.1 Å². The van der Waals surface area contributed by atoms with Gasteiger partial charge in [-0.15, -0.1) is 0 Å². The van der Waals surface area contributed by atoms with E-state index in [-0.39, 0.29) is 6.04 Å². The van der Waals surface area contributed by atoms with Crippen LogP contribution in [0.25, 0.3) is 0 Å². The zero-order valence-corrected chi connectivity index (χ0v) is 18.8. The van der Waals surface area contributed by atoms with Crippen LogP contribution in [0.1, 0.15) is 63.8 Å². The zero-order chi connectivity index (χ0) is 22.5. The third-order valence-corrected chi connectivity index (χ3v) is 8.10. The van der Waals surface area contributed by atoms with Gasteiger partial charge in [0.1, 0.15) is 12.4 Å². The van der Waals surface area contributed by atoms with Crippen molar-refractivity contribution in [3.63, 3.8) is 0 Å². The first kappa shape index (κ1) is 20.3. The molecular weight excluding hydrogens is 410 g/mol. The lowest BCUT2D eigenvalue weighted by atomic mass is 9.68. The molecule has 1 heterocycles. The van der Waals surface area contributed by atoms with E-state index in [1.165, 1.54) is 41.5 Å². The number of ether oxygens (including phenoxy) is 1. The fourth-order valence-electron chi connectivity index (χ4n) is 6.57. The second-order valence-electron chi connectivity index (χ2n) is 10.0. The van der Waals surface area contributed by atoms with Crippen molar-refractivity contribution in [3.8, 4) is 5.75 Å². The van der Waals surface area contributed by atoms with Gasteiger partial charge in [0.15, 0.2) is 0 Å². The first-order valence-electron chi connectivity index (χ1n) is 12.0. The summed E-state index contributed by atoms with van der Waals surface area (Å²) in [4.78, 5) is 11.6. The fourth-order valence-corrected chi connectivity index (χ4v) is 6.57. The number of hydrogen-bond donors (Lipinski definition) is 2. The lowest BCUT2D eigenvalue weighted by Gasteiger charge is -2.43. The number of aromatic carboxylic acids is 1. The average molecular weight is 440 g/mol. The van der Waals surface area contributed by atoms with Crippen LogP contribution in [-0.4, -0.2) is 11.1 Å². The molecular formula is C29H29NO3. The normalized spacial score (nSPS) is 26.9. The van der Waals surface area contributed by atoms with Crippen LogP contribution in [0.15, 0.2) is 66.7 Å². The van der Waals surface area contributed by atoms with Gasteiger partial charge >= 0.3 is 5.97 Å². The third kappa shape index (κ3) is 3.58. The van der Waals surface area contributed by atoms with E-state index < -0.39 is 5.97 Å². The highest BCUT2D eigenvalue weighted by Gasteiger charge is 2.53. The Labute approximate surface area is 194 Å². The Morgan fingerprint density at radius 2 is 1.76 bits per heavy atom. The standard InChI is InChI=1S/C29H29NO3/c1-17-2-4-18(5-3-17)16-33-23-11-8-19(9-12-23)28-27-21-7-6-20(14-21)26(27)24-15-22(29(31)32)10-13-25(24)30-28/h2-5,8-13,15,20-21,26-28,30H,6-7,14,16H2,1H3,(H,31,32)/t20-,21-,26-,27-,28-/m0/s1. The van der Waals surface area contributed by atoms with Crippen molar-refractivity contribution in [2.24, 2.45) is 17.8 Å². The van der Waals surface area contributed by atoms with E-state index >= 15 is 0 Å². The maximum Gasteiger partial charge on any atom is 0.335 e. The Bertz CT molecular complexity index is 1180. The molecule has 3 aliphatic rings. The quantitative estimate of drug-likeness (QED) is 0.472. The van der Waals surface area contributed by atoms with Crippen molar-refractivity contribution in [1.82, 2.24) is 0 Å². The average Bonchev–Trinajstić information content (AvgIpc) is 3.46. The molecule has 0 aromatic heterocycles. The van der Waals surface area contributed by atoms with Crippen LogP contribution in [0.2, 0.25) is 0 Å². The van der Waals surface area contributed by atoms with E-state index in [4.69, 9.17) is 4.74 Å². The minimum Gasteiger partial charge on any atom is -0.489 e. The van der Waals surface area contributed by atoms with Crippen LogP contribution in [0.5, 0.6) is 5.75 Å². The highest BCUT2D eigenvalue weighted by molar-refractivity contribution is 5.88. The van der Waals surface area contributed by atoms with Crippen molar-refractivity contribution >= 4 is 11.7 Å². The molecule has 0 amide bonds. The second kappa shape index (κ2) is 7.95. The van der Waals surface area contributed by atoms with Gasteiger partial charge in [-0.1, -0.05) is 42.0 Å². The summed E-state index contributed by atoms with van der Waals surface area (Å²) in [5, 5.41) is 13.3. The summed E-state index contributed by atoms with van der Waals surface area (Å²) < 4.78 is 6.03. The van der Waals surface area contributed by atoms with Gasteiger partial charge in [0, 0.05) is 5.69 Å². The van der Waals surface area contributed by atoms with Crippen molar-refractivity contribution in [2.75, 3.05) is 5.32 Å². The monoisotopic (exact) mass is 439 g/mol. The smallest absolute Gasteiger partial charge is 0.335 e. The van der Waals surface area contributed by atoms with Gasteiger partial charge in [0.25, 0.3) is 0 Å². The molecule has 2 bridgehead atoms. The number of rotatable bonds is 5. The predicted molar refractivity (Wildman–Crippen MR) is 129 cm³/mol. The molecule has 2 fully saturated rings. The highest BCUT2D eigenvalue weighted by Crippen LogP contribution is 2.63. The molecule has 0 saturated heterocycles. The number of hydrogen-bond acceptors (Lipinski definition) is 3. The van der Waals surface area contributed by atoms with E-state index in [2.05, 4.69) is 60.8 Å². The number of aryl methyl sites for hydroxylation is 1. The summed E-state index contributed by atoms with van der Waals surface area (Å²) in [6, 6.07) is 22.8. The van der Waals surface area contributed by atoms with Crippen molar-refractivity contribution in [2.45, 2.75) is 44.8 Å². The molecule has 2 saturated carbocycles. The molecule has 33 heavy (non-hydrogen) atoms. The molecule has 5 atom stereocenters. The van der Waals surface area contributed by atoms with Crippen LogP contribution in [-0.2, 0) is 6.61 Å². The van der Waals surface area contributed by atoms with E-state index in [0.717, 1.165) is 11.4 Å². The Morgan fingerprint density at radius 1 is 1.00 bits per heavy atom. The first-order chi connectivity index (χ1) is 16.1. The van der Waals surface area contributed by atoms with Crippen molar-refractivity contribution in [1.29, 1.82) is 0 Å². The first-order valence-corrected chi connectivity index (χ1v) is 12.0. The number of carbonyl (C=O) groups is 1. The van der Waals surface area contributed by atoms with Crippen molar-refractivity contribution in [3.05, 3.63) is 94.5 Å². The van der Waals surface area contributed by atoms with Gasteiger partial charge in [-0.25, -0.2) is 4.79 Å². The topological polar surface area (TPSA) is 58.6 Å². The van der Waals surface area contributed by atoms with Gasteiger partial charge in [0.2, 0.25) is 0 Å². The summed E-state index contributed by atoms with van der Waals surface area (Å²) in [7, 11) is 0. The Kier molecular flexibility index (Phi) is 4.90. The fraction of sp³-hybridized carbons (Fsp3) is 0.345. The van der Waals surface area contributed by atoms with Crippen LogP contribution in [0.4, 0.5) is 5.69 Å². The maximum atomic E-state index is 11.6. The molecule has 0 unspecified atom stereocenters. The van der Waals surface area contributed by atoms with Crippen LogP contribution in [0.3, 0.4) is 0 Å². The number of carboxylic acids is 1. The molecule has 4 nitrogen and oxygen atoms in total. The molecule has 1 aliphatic heterocycles. The second-order valence-corrected chi connectivity index (χ2v) is 10.0. The van der Waals surface area contributed by atoms with E-state index in [0.29, 0.717) is 35.8 Å². The Balaban J connectivity index is 1.25. The SMILES string of the molecule is Cc1ccc(COc2ccc([C@@H]3Nc4ccc(C(=O)O)cc4[C@@H]4[C@H]5CC[C@@H](C5)[C@@H]43)cc2)cc1. The zero-order valence-electron chi connectivity index (χ0n) is 18.8. The molecule has 6 rings (SSSR count). The lowest BCUT2D eigenvalue weighted by Crippen LogP contribution is -2.35. The number of fused-ring (bicyclic) bond motifs is 7. The van der Waals surface area contributed by atoms with Gasteiger partial charge in [-0.05, 0) is 96.9 Å². The molecule has 0 spiro atoms. The van der Waals surface area contributed by atoms with E-state index in [9.17, 15) is 9.90 Å². The minimum absolute atomic E-state index is 0.250. The summed E-state index contributed by atoms with van der Waals surface area (Å²) in [5.74, 6) is 2.37. The Morgan fingerprint density at radius 3 is 2.52 bits per heavy atom. The summed E-state index contributed by atoms with van der Waals surface area (Å²) >= 11 is 0. The number of anilines is 1. The summed E-state index contributed by atoms with van der Waals surface area (Å²) in [5.41, 5.74) is 6.40. The van der Waals surface area contributed by atoms with Gasteiger partial charge < -0.3 is 15.2 Å². The largest absolute Gasteiger partial charge is 0.489 e. The van der Waals surface area contributed by atoms with Crippen molar-refractivity contribution < 1.29 is 14.6 Å². The van der Waals surface area contributed by atoms with Crippen LogP contribution >= 0.6 is 0 Å². The predicted octanol–water partition coefficient (Wildman–Crippen LogP) is 6.57. The molecule has 2 aliphatic carbocycles. The van der Waals surface area contributed by atoms with Gasteiger partial charge in [-0.2, -0.15) is 0 Å². The molecule has 168 valence electrons. The maximum absolute atomic E-state index is 11.6. The molecule has 3 aromatic carbocycles. The highest BCUT2D eigenvalue weighted by atomic mass is 16.5. The molecule has 0 radical (unpaired) electrons. The minimum atomic E-state index is -0.846. The lowest BCUT2D eigenvalue weighted by molar-refractivity contribution is 0.0696. The Hall–Kier alpha value is -3.27. The molecule has 3 aromatic rings. The van der Waals surface area contributed by atoms with Gasteiger partial charge in [0.05, 0.1) is 11.6 Å². The number of carboxylic acid groups (broad SMARTS) is 1. The summed E-state index contributed by atoms with van der Waals surface area (Å²) in [6.07, 6.45) is 3.82.